The average molecular weight is 368 g/mol. The van der Waals surface area contributed by atoms with Gasteiger partial charge in [-0.15, -0.1) is 16.8 Å². The van der Waals surface area contributed by atoms with Gasteiger partial charge in [0, 0.05) is 18.3 Å². The quantitative estimate of drug-likeness (QED) is 0.349. The van der Waals surface area contributed by atoms with Crippen LogP contribution in [0.2, 0.25) is 5.02 Å². The minimum atomic E-state index is -0.604. The van der Waals surface area contributed by atoms with Crippen molar-refractivity contribution in [3.63, 3.8) is 0 Å². The summed E-state index contributed by atoms with van der Waals surface area (Å²) in [5.74, 6) is 0.500. The highest BCUT2D eigenvalue weighted by Crippen LogP contribution is 2.27. The van der Waals surface area contributed by atoms with Gasteiger partial charge in [-0.3, -0.25) is 14.9 Å². The highest BCUT2D eigenvalue weighted by atomic mass is 35.5. The topological polar surface area (TPSA) is 103 Å². The Bertz CT molecular complexity index is 793. The van der Waals surface area contributed by atoms with Crippen LogP contribution in [0.25, 0.3) is 0 Å². The van der Waals surface area contributed by atoms with Gasteiger partial charge in [0.05, 0.1) is 10.7 Å². The van der Waals surface area contributed by atoms with Crippen molar-refractivity contribution in [1.82, 2.24) is 14.8 Å². The van der Waals surface area contributed by atoms with Crippen LogP contribution in [0.1, 0.15) is 5.82 Å². The van der Waals surface area contributed by atoms with E-state index in [9.17, 15) is 14.9 Å². The van der Waals surface area contributed by atoms with Crippen molar-refractivity contribution < 1.29 is 9.72 Å². The van der Waals surface area contributed by atoms with Gasteiger partial charge in [-0.1, -0.05) is 29.4 Å². The van der Waals surface area contributed by atoms with Gasteiger partial charge in [-0.25, -0.2) is 0 Å². The van der Waals surface area contributed by atoms with Crippen LogP contribution >= 0.6 is 23.4 Å². The van der Waals surface area contributed by atoms with Crippen LogP contribution in [0.3, 0.4) is 0 Å². The molecule has 2 rings (SSSR count). The summed E-state index contributed by atoms with van der Waals surface area (Å²) in [5, 5.41) is 22.0. The highest BCUT2D eigenvalue weighted by molar-refractivity contribution is 7.99. The molecule has 0 spiro atoms. The molecule has 0 aliphatic carbocycles. The number of aryl methyl sites for hydroxylation is 1. The third kappa shape index (κ3) is 4.33. The third-order valence-corrected chi connectivity index (χ3v) is 4.26. The number of benzene rings is 1. The number of carbonyl (C=O) groups is 1. The Morgan fingerprint density at radius 1 is 1.54 bits per heavy atom. The number of hydrogen-bond acceptors (Lipinski definition) is 6. The zero-order valence-electron chi connectivity index (χ0n) is 12.7. The van der Waals surface area contributed by atoms with Crippen LogP contribution in [0.15, 0.2) is 36.0 Å². The first kappa shape index (κ1) is 18.0. The number of aromatic nitrogens is 3. The fourth-order valence-corrected chi connectivity index (χ4v) is 2.85. The Hall–Kier alpha value is -2.39. The zero-order valence-corrected chi connectivity index (χ0v) is 14.3. The molecule has 8 nitrogen and oxygen atoms in total. The molecular formula is C14H14ClN5O3S. The lowest BCUT2D eigenvalue weighted by molar-refractivity contribution is -0.384. The molecule has 1 aromatic heterocycles. The summed E-state index contributed by atoms with van der Waals surface area (Å²) in [6, 6.07) is 4.09. The van der Waals surface area contributed by atoms with Crippen LogP contribution in [-0.4, -0.2) is 31.3 Å². The van der Waals surface area contributed by atoms with Gasteiger partial charge in [0.2, 0.25) is 5.91 Å². The molecule has 0 aliphatic rings. The predicted octanol–water partition coefficient (Wildman–Crippen LogP) is 3.06. The first-order valence-electron chi connectivity index (χ1n) is 6.79. The molecule has 0 bridgehead atoms. The molecule has 0 saturated heterocycles. The molecule has 0 unspecified atom stereocenters. The summed E-state index contributed by atoms with van der Waals surface area (Å²) >= 11 is 6.95. The lowest BCUT2D eigenvalue weighted by atomic mass is 10.3. The maximum absolute atomic E-state index is 12.0. The second-order valence-electron chi connectivity index (χ2n) is 4.69. The van der Waals surface area contributed by atoms with E-state index in [0.29, 0.717) is 17.4 Å². The smallest absolute Gasteiger partial charge is 0.289 e. The van der Waals surface area contributed by atoms with E-state index in [1.54, 1.807) is 6.08 Å². The first-order valence-corrected chi connectivity index (χ1v) is 8.16. The van der Waals surface area contributed by atoms with Gasteiger partial charge >= 0.3 is 0 Å². The summed E-state index contributed by atoms with van der Waals surface area (Å²) in [6.45, 7) is 6.03. The standard InChI is InChI=1S/C14H14ClN5O3S/c1-3-6-19-9(2)17-18-14(19)24-8-13(21)16-10-4-5-11(15)12(7-10)20(22)23/h3-5,7H,1,6,8H2,2H3,(H,16,21). The number of amides is 1. The highest BCUT2D eigenvalue weighted by Gasteiger charge is 2.15. The Morgan fingerprint density at radius 2 is 2.29 bits per heavy atom. The van der Waals surface area contributed by atoms with E-state index in [2.05, 4.69) is 22.1 Å². The number of allylic oxidation sites excluding steroid dienone is 1. The van der Waals surface area contributed by atoms with E-state index in [4.69, 9.17) is 11.6 Å². The molecule has 1 aromatic carbocycles. The van der Waals surface area contributed by atoms with Crippen molar-refractivity contribution in [3.8, 4) is 0 Å². The summed E-state index contributed by atoms with van der Waals surface area (Å²) in [7, 11) is 0. The minimum absolute atomic E-state index is 0.0142. The maximum Gasteiger partial charge on any atom is 0.289 e. The Labute approximate surface area is 147 Å². The predicted molar refractivity (Wildman–Crippen MR) is 92.4 cm³/mol. The van der Waals surface area contributed by atoms with Crippen LogP contribution in [-0.2, 0) is 11.3 Å². The number of anilines is 1. The number of hydrogen-bond donors (Lipinski definition) is 1. The number of nitro groups is 1. The van der Waals surface area contributed by atoms with Crippen molar-refractivity contribution in [2.45, 2.75) is 18.6 Å². The summed E-state index contributed by atoms with van der Waals surface area (Å²) in [4.78, 5) is 22.3. The molecule has 2 aromatic rings. The van der Waals surface area contributed by atoms with E-state index < -0.39 is 4.92 Å². The molecule has 0 atom stereocenters. The Morgan fingerprint density at radius 3 is 2.96 bits per heavy atom. The molecule has 126 valence electrons. The molecule has 1 N–H and O–H groups in total. The van der Waals surface area contributed by atoms with E-state index in [0.717, 1.165) is 5.82 Å². The molecule has 0 saturated carbocycles. The number of thioether (sulfide) groups is 1. The number of nitro benzene ring substituents is 1. The molecule has 0 radical (unpaired) electrons. The van der Waals surface area contributed by atoms with E-state index >= 15 is 0 Å². The zero-order chi connectivity index (χ0) is 17.7. The van der Waals surface area contributed by atoms with Crippen molar-refractivity contribution in [1.29, 1.82) is 0 Å². The van der Waals surface area contributed by atoms with E-state index in [1.165, 1.54) is 30.0 Å². The van der Waals surface area contributed by atoms with Gasteiger partial charge in [-0.2, -0.15) is 0 Å². The lowest BCUT2D eigenvalue weighted by Crippen LogP contribution is -2.14. The maximum atomic E-state index is 12.0. The van der Waals surface area contributed by atoms with E-state index in [-0.39, 0.29) is 22.4 Å². The molecule has 0 fully saturated rings. The normalized spacial score (nSPS) is 10.4. The third-order valence-electron chi connectivity index (χ3n) is 2.97. The van der Waals surface area contributed by atoms with Crippen LogP contribution in [0.4, 0.5) is 11.4 Å². The monoisotopic (exact) mass is 367 g/mol. The molecule has 24 heavy (non-hydrogen) atoms. The number of rotatable bonds is 7. The molecule has 10 heteroatoms. The van der Waals surface area contributed by atoms with Crippen LogP contribution < -0.4 is 5.32 Å². The lowest BCUT2D eigenvalue weighted by Gasteiger charge is -2.07. The van der Waals surface area contributed by atoms with Gasteiger partial charge in [0.15, 0.2) is 5.16 Å². The van der Waals surface area contributed by atoms with Crippen LogP contribution in [0, 0.1) is 17.0 Å². The van der Waals surface area contributed by atoms with Gasteiger partial charge in [0.1, 0.15) is 10.8 Å². The molecule has 0 aliphatic heterocycles. The molecular weight excluding hydrogens is 354 g/mol. The summed E-state index contributed by atoms with van der Waals surface area (Å²) in [6.07, 6.45) is 1.72. The van der Waals surface area contributed by atoms with E-state index in [1.807, 2.05) is 11.5 Å². The molecule has 1 amide bonds. The number of halogens is 1. The van der Waals surface area contributed by atoms with Crippen LogP contribution in [0.5, 0.6) is 0 Å². The fraction of sp³-hybridized carbons (Fsp3) is 0.214. The average Bonchev–Trinajstić information content (AvgIpc) is 2.88. The minimum Gasteiger partial charge on any atom is -0.325 e. The first-order chi connectivity index (χ1) is 11.4. The van der Waals surface area contributed by atoms with Gasteiger partial charge in [-0.05, 0) is 19.1 Å². The Balaban J connectivity index is 2.00. The van der Waals surface area contributed by atoms with Crippen molar-refractivity contribution in [2.24, 2.45) is 0 Å². The Kier molecular flexibility index (Phi) is 5.93. The largest absolute Gasteiger partial charge is 0.325 e. The number of carbonyl (C=O) groups excluding carboxylic acids is 1. The van der Waals surface area contributed by atoms with Crippen molar-refractivity contribution in [2.75, 3.05) is 11.1 Å². The SMILES string of the molecule is C=CCn1c(C)nnc1SCC(=O)Nc1ccc(Cl)c([N+](=O)[O-])c1. The second-order valence-corrected chi connectivity index (χ2v) is 6.04. The molecule has 1 heterocycles. The van der Waals surface area contributed by atoms with Gasteiger partial charge < -0.3 is 9.88 Å². The summed E-state index contributed by atoms with van der Waals surface area (Å²) in [5.41, 5.74) is 0.0453. The number of nitrogens with one attached hydrogen (secondary N) is 1. The summed E-state index contributed by atoms with van der Waals surface area (Å²) < 4.78 is 1.83. The number of nitrogens with zero attached hydrogens (tertiary/aromatic N) is 4. The fourth-order valence-electron chi connectivity index (χ4n) is 1.87. The van der Waals surface area contributed by atoms with Crippen molar-refractivity contribution in [3.05, 3.63) is 51.8 Å². The second kappa shape index (κ2) is 7.93. The van der Waals surface area contributed by atoms with Crippen molar-refractivity contribution >= 4 is 40.6 Å². The van der Waals surface area contributed by atoms with Gasteiger partial charge in [0.25, 0.3) is 5.69 Å².